The molecule has 20 heavy (non-hydrogen) atoms. The van der Waals surface area contributed by atoms with Gasteiger partial charge in [-0.1, -0.05) is 0 Å². The van der Waals surface area contributed by atoms with Gasteiger partial charge in [0.05, 0.1) is 29.8 Å². The summed E-state index contributed by atoms with van der Waals surface area (Å²) in [6.45, 7) is 0. The molecule has 0 radical (unpaired) electrons. The molecule has 8 heteroatoms. The van der Waals surface area contributed by atoms with Gasteiger partial charge in [0.2, 0.25) is 5.16 Å². The van der Waals surface area contributed by atoms with Crippen molar-refractivity contribution in [3.05, 3.63) is 24.0 Å². The summed E-state index contributed by atoms with van der Waals surface area (Å²) < 4.78 is 16.6. The van der Waals surface area contributed by atoms with E-state index in [0.29, 0.717) is 11.3 Å². The number of methoxy groups -OCH3 is 1. The van der Waals surface area contributed by atoms with E-state index in [1.54, 1.807) is 6.07 Å². The Bertz CT molecular complexity index is 726. The Labute approximate surface area is 117 Å². The molecule has 0 saturated heterocycles. The quantitative estimate of drug-likeness (QED) is 0.828. The molecule has 0 aliphatic rings. The van der Waals surface area contributed by atoms with E-state index in [1.165, 1.54) is 25.8 Å². The Morgan fingerprint density at radius 3 is 2.75 bits per heavy atom. The minimum absolute atomic E-state index is 0.00878. The zero-order valence-corrected chi connectivity index (χ0v) is 11.6. The molecule has 0 fully saturated rings. The molecule has 102 valence electrons. The van der Waals surface area contributed by atoms with E-state index >= 15 is 0 Å². The molecule has 1 atom stereocenters. The van der Waals surface area contributed by atoms with Gasteiger partial charge in [-0.3, -0.25) is 9.19 Å². The van der Waals surface area contributed by atoms with Crippen molar-refractivity contribution in [2.75, 3.05) is 19.1 Å². The fourth-order valence-corrected chi connectivity index (χ4v) is 2.01. The van der Waals surface area contributed by atoms with Gasteiger partial charge in [-0.05, 0) is 6.07 Å². The van der Waals surface area contributed by atoms with Crippen LogP contribution in [0.2, 0.25) is 0 Å². The SMILES string of the molecule is COc1cncc(-c2nc(S(C)=O)nc(N)c2C#N)c1. The third kappa shape index (κ3) is 2.57. The van der Waals surface area contributed by atoms with Gasteiger partial charge in [-0.15, -0.1) is 0 Å². The molecule has 2 rings (SSSR count). The highest BCUT2D eigenvalue weighted by Crippen LogP contribution is 2.26. The number of nitriles is 1. The van der Waals surface area contributed by atoms with Crippen molar-refractivity contribution in [3.63, 3.8) is 0 Å². The second-order valence-corrected chi connectivity index (χ2v) is 5.07. The maximum absolute atomic E-state index is 11.5. The minimum Gasteiger partial charge on any atom is -0.495 e. The van der Waals surface area contributed by atoms with Crippen LogP contribution in [-0.2, 0) is 10.8 Å². The molecule has 0 saturated carbocycles. The van der Waals surface area contributed by atoms with Crippen LogP contribution < -0.4 is 10.5 Å². The van der Waals surface area contributed by atoms with Crippen molar-refractivity contribution in [3.8, 4) is 23.1 Å². The molecule has 0 amide bonds. The molecule has 0 bridgehead atoms. The molecular weight excluding hydrogens is 278 g/mol. The Balaban J connectivity index is 2.71. The standard InChI is InChI=1S/C12H11N5O2S/c1-19-8-3-7(5-15-6-8)10-9(4-13)11(14)17-12(16-10)20(2)18/h3,5-6H,1-2H3,(H2,14,16,17). The Morgan fingerprint density at radius 2 is 2.15 bits per heavy atom. The number of pyridine rings is 1. The highest BCUT2D eigenvalue weighted by molar-refractivity contribution is 7.84. The maximum Gasteiger partial charge on any atom is 0.220 e. The van der Waals surface area contributed by atoms with Crippen molar-refractivity contribution in [2.45, 2.75) is 5.16 Å². The van der Waals surface area contributed by atoms with E-state index in [4.69, 9.17) is 10.5 Å². The van der Waals surface area contributed by atoms with Crippen LogP contribution in [0.4, 0.5) is 5.82 Å². The first kappa shape index (κ1) is 13.9. The third-order valence-electron chi connectivity index (χ3n) is 2.51. The number of hydrogen-bond acceptors (Lipinski definition) is 7. The molecule has 0 aromatic carbocycles. The number of nitrogens with two attached hydrogens (primary N) is 1. The average Bonchev–Trinajstić information content (AvgIpc) is 2.46. The topological polar surface area (TPSA) is 115 Å². The van der Waals surface area contributed by atoms with Crippen LogP contribution in [0.25, 0.3) is 11.3 Å². The number of nitrogens with zero attached hydrogens (tertiary/aromatic N) is 4. The van der Waals surface area contributed by atoms with Gasteiger partial charge in [-0.25, -0.2) is 9.97 Å². The third-order valence-corrected chi connectivity index (χ3v) is 3.20. The Morgan fingerprint density at radius 1 is 1.40 bits per heavy atom. The molecule has 2 aromatic rings. The lowest BCUT2D eigenvalue weighted by Gasteiger charge is -2.08. The van der Waals surface area contributed by atoms with Crippen LogP contribution >= 0.6 is 0 Å². The highest BCUT2D eigenvalue weighted by Gasteiger charge is 2.16. The first-order valence-electron chi connectivity index (χ1n) is 5.47. The number of rotatable bonds is 3. The van der Waals surface area contributed by atoms with E-state index in [2.05, 4.69) is 15.0 Å². The number of hydrogen-bond donors (Lipinski definition) is 1. The number of nitrogen functional groups attached to an aromatic ring is 1. The van der Waals surface area contributed by atoms with E-state index in [9.17, 15) is 9.47 Å². The summed E-state index contributed by atoms with van der Waals surface area (Å²) in [6.07, 6.45) is 4.49. The minimum atomic E-state index is -1.40. The van der Waals surface area contributed by atoms with Crippen molar-refractivity contribution < 1.29 is 8.95 Å². The van der Waals surface area contributed by atoms with Crippen molar-refractivity contribution >= 4 is 16.6 Å². The molecule has 0 aliphatic heterocycles. The van der Waals surface area contributed by atoms with Gasteiger partial charge in [-0.2, -0.15) is 5.26 Å². The number of aromatic nitrogens is 3. The molecular formula is C12H11N5O2S. The molecule has 7 nitrogen and oxygen atoms in total. The summed E-state index contributed by atoms with van der Waals surface area (Å²) in [5.74, 6) is 0.508. The normalized spacial score (nSPS) is 11.7. The van der Waals surface area contributed by atoms with E-state index < -0.39 is 10.8 Å². The number of anilines is 1. The zero-order chi connectivity index (χ0) is 14.7. The van der Waals surface area contributed by atoms with Gasteiger partial charge in [0, 0.05) is 18.0 Å². The lowest BCUT2D eigenvalue weighted by atomic mass is 10.1. The summed E-state index contributed by atoms with van der Waals surface area (Å²) in [4.78, 5) is 12.0. The zero-order valence-electron chi connectivity index (χ0n) is 10.8. The molecule has 0 aliphatic carbocycles. The molecule has 2 aromatic heterocycles. The van der Waals surface area contributed by atoms with E-state index in [-0.39, 0.29) is 22.2 Å². The van der Waals surface area contributed by atoms with E-state index in [0.717, 1.165) is 0 Å². The Kier molecular flexibility index (Phi) is 3.91. The van der Waals surface area contributed by atoms with Crippen LogP contribution in [-0.4, -0.2) is 32.5 Å². The lowest BCUT2D eigenvalue weighted by Crippen LogP contribution is -2.06. The highest BCUT2D eigenvalue weighted by atomic mass is 32.2. The van der Waals surface area contributed by atoms with Crippen LogP contribution in [0.5, 0.6) is 5.75 Å². The van der Waals surface area contributed by atoms with E-state index in [1.807, 2.05) is 6.07 Å². The summed E-state index contributed by atoms with van der Waals surface area (Å²) in [6, 6.07) is 3.61. The van der Waals surface area contributed by atoms with Gasteiger partial charge in [0.25, 0.3) is 0 Å². The molecule has 2 N–H and O–H groups in total. The molecule has 1 unspecified atom stereocenters. The summed E-state index contributed by atoms with van der Waals surface area (Å²) in [5.41, 5.74) is 6.67. The average molecular weight is 289 g/mol. The fraction of sp³-hybridized carbons (Fsp3) is 0.167. The smallest absolute Gasteiger partial charge is 0.220 e. The second kappa shape index (κ2) is 5.63. The van der Waals surface area contributed by atoms with Crippen LogP contribution in [0.3, 0.4) is 0 Å². The van der Waals surface area contributed by atoms with Crippen molar-refractivity contribution in [2.24, 2.45) is 0 Å². The molecule has 2 heterocycles. The lowest BCUT2D eigenvalue weighted by molar-refractivity contribution is 0.413. The first-order valence-corrected chi connectivity index (χ1v) is 7.03. The predicted molar refractivity (Wildman–Crippen MR) is 73.3 cm³/mol. The van der Waals surface area contributed by atoms with Crippen molar-refractivity contribution in [1.82, 2.24) is 15.0 Å². The largest absolute Gasteiger partial charge is 0.495 e. The van der Waals surface area contributed by atoms with Crippen LogP contribution in [0.1, 0.15) is 5.56 Å². The van der Waals surface area contributed by atoms with Crippen LogP contribution in [0, 0.1) is 11.3 Å². The number of ether oxygens (including phenoxy) is 1. The maximum atomic E-state index is 11.5. The van der Waals surface area contributed by atoms with Gasteiger partial charge in [0.15, 0.2) is 0 Å². The van der Waals surface area contributed by atoms with Crippen LogP contribution in [0.15, 0.2) is 23.6 Å². The predicted octanol–water partition coefficient (Wildman–Crippen LogP) is 0.738. The first-order chi connectivity index (χ1) is 9.56. The van der Waals surface area contributed by atoms with Crippen molar-refractivity contribution in [1.29, 1.82) is 5.26 Å². The fourth-order valence-electron chi connectivity index (χ4n) is 1.56. The molecule has 0 spiro atoms. The van der Waals surface area contributed by atoms with Gasteiger partial charge < -0.3 is 10.5 Å². The summed E-state index contributed by atoms with van der Waals surface area (Å²) >= 11 is 0. The summed E-state index contributed by atoms with van der Waals surface area (Å²) in [7, 11) is 0.103. The monoisotopic (exact) mass is 289 g/mol. The Hall–Kier alpha value is -2.53. The van der Waals surface area contributed by atoms with Gasteiger partial charge in [0.1, 0.15) is 23.2 Å². The summed E-state index contributed by atoms with van der Waals surface area (Å²) in [5, 5.41) is 9.25. The second-order valence-electron chi connectivity index (χ2n) is 3.79. The van der Waals surface area contributed by atoms with Gasteiger partial charge >= 0.3 is 0 Å².